The van der Waals surface area contributed by atoms with E-state index in [-0.39, 0.29) is 26.4 Å². The Morgan fingerprint density at radius 3 is 2.04 bits per heavy atom. The number of cyclic esters (lactones) is 1. The van der Waals surface area contributed by atoms with Crippen LogP contribution in [0.1, 0.15) is 36.1 Å². The van der Waals surface area contributed by atoms with Gasteiger partial charge in [-0.2, -0.15) is 0 Å². The minimum absolute atomic E-state index is 0.151. The van der Waals surface area contributed by atoms with Crippen LogP contribution < -0.4 is 0 Å². The Kier molecular flexibility index (Phi) is 14.0. The maximum atomic E-state index is 13.7. The zero-order chi connectivity index (χ0) is 38.7. The smallest absolute Gasteiger partial charge is 0.417 e. The van der Waals surface area contributed by atoms with Crippen LogP contribution in [0.3, 0.4) is 0 Å². The quantitative estimate of drug-likeness (QED) is 0.200. The summed E-state index contributed by atoms with van der Waals surface area (Å²) in [5.41, 5.74) is 2.63. The molecule has 3 heterocycles. The van der Waals surface area contributed by atoms with E-state index >= 15 is 0 Å². The Balaban J connectivity index is 1.12. The van der Waals surface area contributed by atoms with Crippen LogP contribution in [0, 0.1) is 0 Å². The summed E-state index contributed by atoms with van der Waals surface area (Å²) in [5, 5.41) is 10.3. The van der Waals surface area contributed by atoms with E-state index in [4.69, 9.17) is 37.9 Å². The first kappa shape index (κ1) is 39.9. The van der Waals surface area contributed by atoms with Crippen molar-refractivity contribution in [1.82, 2.24) is 4.90 Å². The predicted molar refractivity (Wildman–Crippen MR) is 197 cm³/mol. The standard InChI is InChI=1S/C42H47NO12/c1-27-34(30-18-11-6-12-19-30)55-42(47)43(27)40(46)38(48-2)35-32(45)22-21-31(53-35)20-13-23-50-39-37(52-26-29-16-9-5-10-17-29)36(33(24-44)54-41(39)49-3)51-25-28-14-7-4-8-15-28/h4-12,14-22,27,33-39,41,44H,13,23-26H2,1-3H3/t27-,33-,34-,35+,36-,37+,38-,39+,41+/m1/s1. The molecule has 2 amide bonds. The number of rotatable bonds is 16. The molecule has 0 bridgehead atoms. The van der Waals surface area contributed by atoms with Crippen molar-refractivity contribution in [3.8, 4) is 0 Å². The fourth-order valence-electron chi connectivity index (χ4n) is 6.89. The fraction of sp³-hybridized carbons (Fsp3) is 0.405. The maximum absolute atomic E-state index is 13.7. The SMILES string of the molecule is CO[C@H]1O[C@H](CO)[C@@H](OCc2ccccc2)[C@H](OCc2ccccc2)[C@@H]1OCCC=C1C=CC(=O)[C@@H]([C@@H](OC)C(=O)N2C(=O)O[C@@H](c3ccccc3)[C@H]2C)O1. The number of amides is 2. The second-order valence-electron chi connectivity index (χ2n) is 13.3. The molecule has 55 heavy (non-hydrogen) atoms. The van der Waals surface area contributed by atoms with E-state index in [0.29, 0.717) is 12.2 Å². The Morgan fingerprint density at radius 1 is 0.818 bits per heavy atom. The summed E-state index contributed by atoms with van der Waals surface area (Å²) in [6.45, 7) is 2.03. The van der Waals surface area contributed by atoms with Gasteiger partial charge in [0.05, 0.1) is 32.5 Å². The van der Waals surface area contributed by atoms with Crippen molar-refractivity contribution >= 4 is 17.8 Å². The molecular formula is C42H47NO12. The van der Waals surface area contributed by atoms with Crippen LogP contribution in [0.15, 0.2) is 115 Å². The molecule has 3 aliphatic heterocycles. The lowest BCUT2D eigenvalue weighted by Gasteiger charge is -2.45. The third kappa shape index (κ3) is 9.57. The van der Waals surface area contributed by atoms with Crippen molar-refractivity contribution in [2.75, 3.05) is 27.4 Å². The largest absolute Gasteiger partial charge is 0.479 e. The second-order valence-corrected chi connectivity index (χ2v) is 13.3. The minimum Gasteiger partial charge on any atom is -0.479 e. The number of benzene rings is 3. The van der Waals surface area contributed by atoms with E-state index < -0.39 is 72.8 Å². The van der Waals surface area contributed by atoms with Gasteiger partial charge in [0.2, 0.25) is 0 Å². The number of ether oxygens (including phenoxy) is 8. The number of hydrogen-bond donors (Lipinski definition) is 1. The van der Waals surface area contributed by atoms with Gasteiger partial charge in [0.25, 0.3) is 5.91 Å². The summed E-state index contributed by atoms with van der Waals surface area (Å²) >= 11 is 0. The lowest BCUT2D eigenvalue weighted by molar-refractivity contribution is -0.319. The summed E-state index contributed by atoms with van der Waals surface area (Å²) in [4.78, 5) is 40.7. The molecule has 292 valence electrons. The van der Waals surface area contributed by atoms with Crippen LogP contribution in [-0.4, -0.2) is 104 Å². The fourth-order valence-corrected chi connectivity index (χ4v) is 6.89. The van der Waals surface area contributed by atoms with E-state index in [2.05, 4.69) is 0 Å². The average molecular weight is 758 g/mol. The first-order valence-corrected chi connectivity index (χ1v) is 18.2. The number of aliphatic hydroxyl groups excluding tert-OH is 1. The molecule has 13 nitrogen and oxygen atoms in total. The van der Waals surface area contributed by atoms with E-state index in [1.807, 2.05) is 91.0 Å². The highest BCUT2D eigenvalue weighted by Crippen LogP contribution is 2.34. The number of allylic oxidation sites excluding steroid dienone is 1. The van der Waals surface area contributed by atoms with Gasteiger partial charge in [-0.25, -0.2) is 9.69 Å². The molecule has 3 aromatic carbocycles. The minimum atomic E-state index is -1.42. The highest BCUT2D eigenvalue weighted by molar-refractivity contribution is 6.03. The van der Waals surface area contributed by atoms with Gasteiger partial charge in [-0.3, -0.25) is 9.59 Å². The first-order valence-electron chi connectivity index (χ1n) is 18.2. The molecule has 0 spiro atoms. The van der Waals surface area contributed by atoms with Gasteiger partial charge >= 0.3 is 6.09 Å². The molecule has 3 aromatic rings. The molecule has 3 aliphatic rings. The molecular weight excluding hydrogens is 710 g/mol. The van der Waals surface area contributed by atoms with Crippen molar-refractivity contribution in [2.24, 2.45) is 0 Å². The Labute approximate surface area is 320 Å². The number of aliphatic hydroxyl groups is 1. The highest BCUT2D eigenvalue weighted by Gasteiger charge is 2.50. The highest BCUT2D eigenvalue weighted by atomic mass is 16.7. The Morgan fingerprint density at radius 2 is 1.44 bits per heavy atom. The van der Waals surface area contributed by atoms with Gasteiger partial charge in [0, 0.05) is 14.2 Å². The maximum Gasteiger partial charge on any atom is 0.417 e. The lowest BCUT2D eigenvalue weighted by Crippen LogP contribution is -2.61. The van der Waals surface area contributed by atoms with Crippen LogP contribution in [-0.2, 0) is 60.7 Å². The van der Waals surface area contributed by atoms with Gasteiger partial charge in [-0.15, -0.1) is 0 Å². The number of nitrogens with zero attached hydrogens (tertiary/aromatic N) is 1. The summed E-state index contributed by atoms with van der Waals surface area (Å²) in [6, 6.07) is 27.8. The number of methoxy groups -OCH3 is 2. The van der Waals surface area contributed by atoms with Crippen LogP contribution >= 0.6 is 0 Å². The molecule has 2 saturated heterocycles. The summed E-state index contributed by atoms with van der Waals surface area (Å²) in [6.07, 6.45) is -3.22. The molecule has 9 atom stereocenters. The van der Waals surface area contributed by atoms with Crippen molar-refractivity contribution in [3.63, 3.8) is 0 Å². The lowest BCUT2D eigenvalue weighted by atomic mass is 9.98. The van der Waals surface area contributed by atoms with Crippen molar-refractivity contribution in [1.29, 1.82) is 0 Å². The molecule has 0 aromatic heterocycles. The van der Waals surface area contributed by atoms with Crippen LogP contribution in [0.4, 0.5) is 4.79 Å². The van der Waals surface area contributed by atoms with E-state index in [1.54, 1.807) is 13.0 Å². The second kappa shape index (κ2) is 19.2. The van der Waals surface area contributed by atoms with Crippen molar-refractivity contribution in [2.45, 2.75) is 81.6 Å². The van der Waals surface area contributed by atoms with Crippen LogP contribution in [0.25, 0.3) is 0 Å². The van der Waals surface area contributed by atoms with Crippen LogP contribution in [0.5, 0.6) is 0 Å². The zero-order valence-electron chi connectivity index (χ0n) is 31.0. The number of carbonyl (C=O) groups is 3. The Bertz CT molecular complexity index is 1770. The number of imide groups is 1. The average Bonchev–Trinajstić information content (AvgIpc) is 3.52. The van der Waals surface area contributed by atoms with Gasteiger partial charge in [-0.05, 0) is 48.3 Å². The molecule has 0 saturated carbocycles. The van der Waals surface area contributed by atoms with Crippen LogP contribution in [0.2, 0.25) is 0 Å². The van der Waals surface area contributed by atoms with E-state index in [9.17, 15) is 19.5 Å². The number of hydrogen-bond acceptors (Lipinski definition) is 12. The normalized spacial score (nSPS) is 27.9. The Hall–Kier alpha value is -4.73. The van der Waals surface area contributed by atoms with E-state index in [1.165, 1.54) is 26.4 Å². The molecule has 0 aliphatic carbocycles. The first-order chi connectivity index (χ1) is 26.8. The molecule has 1 N–H and O–H groups in total. The van der Waals surface area contributed by atoms with Gasteiger partial charge in [0.15, 0.2) is 24.3 Å². The van der Waals surface area contributed by atoms with Gasteiger partial charge < -0.3 is 43.0 Å². The third-order valence-electron chi connectivity index (χ3n) is 9.71. The number of ketones is 1. The van der Waals surface area contributed by atoms with Crippen molar-refractivity contribution < 1.29 is 57.4 Å². The van der Waals surface area contributed by atoms with E-state index in [0.717, 1.165) is 21.6 Å². The van der Waals surface area contributed by atoms with Gasteiger partial charge in [-0.1, -0.05) is 91.0 Å². The third-order valence-corrected chi connectivity index (χ3v) is 9.71. The number of carbonyl (C=O) groups excluding carboxylic acids is 3. The molecule has 13 heteroatoms. The van der Waals surface area contributed by atoms with Crippen molar-refractivity contribution in [3.05, 3.63) is 132 Å². The van der Waals surface area contributed by atoms with Gasteiger partial charge in [0.1, 0.15) is 36.3 Å². The summed E-state index contributed by atoms with van der Waals surface area (Å²) < 4.78 is 48.1. The summed E-state index contributed by atoms with van der Waals surface area (Å²) in [5.74, 6) is -0.926. The molecule has 2 fully saturated rings. The molecule has 6 rings (SSSR count). The zero-order valence-corrected chi connectivity index (χ0v) is 31.0. The monoisotopic (exact) mass is 757 g/mol. The topological polar surface area (TPSA) is 149 Å². The summed E-state index contributed by atoms with van der Waals surface area (Å²) in [7, 11) is 2.77. The molecule has 0 radical (unpaired) electrons. The predicted octanol–water partition coefficient (Wildman–Crippen LogP) is 4.83. The molecule has 0 unspecified atom stereocenters.